The van der Waals surface area contributed by atoms with E-state index in [9.17, 15) is 4.79 Å². The molecule has 0 spiro atoms. The molecule has 0 bridgehead atoms. The van der Waals surface area contributed by atoms with Crippen molar-refractivity contribution in [3.63, 3.8) is 0 Å². The maximum atomic E-state index is 12.6. The zero-order chi connectivity index (χ0) is 17.8. The van der Waals surface area contributed by atoms with Crippen molar-refractivity contribution in [3.8, 4) is 11.5 Å². The Balaban J connectivity index is 1.36. The second-order valence-corrected chi connectivity index (χ2v) is 6.67. The molecule has 1 amide bonds. The highest BCUT2D eigenvalue weighted by molar-refractivity contribution is 5.94. The molecular weight excluding hydrogens is 330 g/mol. The van der Waals surface area contributed by atoms with Gasteiger partial charge in [-0.3, -0.25) is 4.79 Å². The van der Waals surface area contributed by atoms with Crippen molar-refractivity contribution in [2.75, 3.05) is 19.8 Å². The van der Waals surface area contributed by atoms with Gasteiger partial charge in [-0.2, -0.15) is 0 Å². The first-order valence-corrected chi connectivity index (χ1v) is 9.16. The van der Waals surface area contributed by atoms with Crippen LogP contribution in [0.15, 0.2) is 48.5 Å². The highest BCUT2D eigenvalue weighted by atomic mass is 16.5. The van der Waals surface area contributed by atoms with E-state index in [1.807, 2.05) is 36.4 Å². The quantitative estimate of drug-likeness (QED) is 0.894. The lowest BCUT2D eigenvalue weighted by Crippen LogP contribution is -2.32. The number of ether oxygens (including phenoxy) is 3. The van der Waals surface area contributed by atoms with Crippen LogP contribution in [-0.2, 0) is 4.74 Å². The second kappa shape index (κ2) is 7.79. The zero-order valence-electron chi connectivity index (χ0n) is 14.6. The maximum Gasteiger partial charge on any atom is 0.251 e. The third-order valence-electron chi connectivity index (χ3n) is 4.84. The largest absolute Gasteiger partial charge is 0.493 e. The first kappa shape index (κ1) is 16.9. The Morgan fingerprint density at radius 1 is 1.08 bits per heavy atom. The molecule has 1 fully saturated rings. The fraction of sp³-hybridized carbons (Fsp3) is 0.381. The van der Waals surface area contributed by atoms with E-state index < -0.39 is 0 Å². The van der Waals surface area contributed by atoms with Crippen LogP contribution in [0.4, 0.5) is 0 Å². The zero-order valence-corrected chi connectivity index (χ0v) is 14.6. The molecule has 1 N–H and O–H groups in total. The first-order chi connectivity index (χ1) is 12.8. The molecule has 0 aromatic heterocycles. The van der Waals surface area contributed by atoms with Crippen LogP contribution in [-0.4, -0.2) is 31.8 Å². The summed E-state index contributed by atoms with van der Waals surface area (Å²) < 4.78 is 16.9. The van der Waals surface area contributed by atoms with Gasteiger partial charge in [0, 0.05) is 24.2 Å². The van der Waals surface area contributed by atoms with Gasteiger partial charge in [-0.25, -0.2) is 0 Å². The number of carbonyl (C=O) groups excluding carboxylic acids is 1. The molecule has 4 rings (SSSR count). The number of para-hydroxylation sites is 1. The molecule has 26 heavy (non-hydrogen) atoms. The Morgan fingerprint density at radius 3 is 2.73 bits per heavy atom. The average Bonchev–Trinajstić information content (AvgIpc) is 3.21. The summed E-state index contributed by atoms with van der Waals surface area (Å²) in [6, 6.07) is 15.1. The summed E-state index contributed by atoms with van der Waals surface area (Å²) in [4.78, 5) is 12.6. The average molecular weight is 353 g/mol. The van der Waals surface area contributed by atoms with Crippen molar-refractivity contribution in [1.29, 1.82) is 0 Å². The summed E-state index contributed by atoms with van der Waals surface area (Å²) in [6.45, 7) is 1.99. The van der Waals surface area contributed by atoms with Crippen LogP contribution in [0.1, 0.15) is 41.2 Å². The molecule has 2 unspecified atom stereocenters. The highest BCUT2D eigenvalue weighted by Gasteiger charge is 2.23. The SMILES string of the molecule is O=C(NC1CCOc2ccccc21)c1ccc(OCC2CCCO2)cc1. The van der Waals surface area contributed by atoms with Gasteiger partial charge in [-0.1, -0.05) is 18.2 Å². The van der Waals surface area contributed by atoms with Crippen molar-refractivity contribution in [2.45, 2.75) is 31.4 Å². The van der Waals surface area contributed by atoms with Crippen LogP contribution in [0.5, 0.6) is 11.5 Å². The van der Waals surface area contributed by atoms with Gasteiger partial charge in [0.25, 0.3) is 5.91 Å². The summed E-state index contributed by atoms with van der Waals surface area (Å²) in [5.74, 6) is 1.52. The van der Waals surface area contributed by atoms with E-state index in [0.717, 1.165) is 42.9 Å². The van der Waals surface area contributed by atoms with Crippen molar-refractivity contribution in [2.24, 2.45) is 0 Å². The predicted molar refractivity (Wildman–Crippen MR) is 97.7 cm³/mol. The standard InChI is InChI=1S/C21H23NO4/c23-21(22-19-11-13-25-20-6-2-1-5-18(19)20)15-7-9-16(10-8-15)26-14-17-4-3-12-24-17/h1-2,5-10,17,19H,3-4,11-14H2,(H,22,23). The monoisotopic (exact) mass is 353 g/mol. The van der Waals surface area contributed by atoms with E-state index in [2.05, 4.69) is 5.32 Å². The van der Waals surface area contributed by atoms with E-state index in [0.29, 0.717) is 18.8 Å². The molecule has 5 heteroatoms. The highest BCUT2D eigenvalue weighted by Crippen LogP contribution is 2.31. The molecule has 0 saturated carbocycles. The van der Waals surface area contributed by atoms with Crippen molar-refractivity contribution in [3.05, 3.63) is 59.7 Å². The molecule has 5 nitrogen and oxygen atoms in total. The van der Waals surface area contributed by atoms with E-state index in [-0.39, 0.29) is 18.1 Å². The number of amides is 1. The molecule has 2 aromatic carbocycles. The van der Waals surface area contributed by atoms with Crippen molar-refractivity contribution < 1.29 is 19.0 Å². The van der Waals surface area contributed by atoms with E-state index in [4.69, 9.17) is 14.2 Å². The number of fused-ring (bicyclic) bond motifs is 1. The Kier molecular flexibility index (Phi) is 5.07. The number of hydrogen-bond donors (Lipinski definition) is 1. The molecule has 2 aliphatic rings. The number of rotatable bonds is 5. The molecule has 2 heterocycles. The van der Waals surface area contributed by atoms with Gasteiger partial charge in [0.1, 0.15) is 18.1 Å². The number of nitrogens with one attached hydrogen (secondary N) is 1. The van der Waals surface area contributed by atoms with Crippen LogP contribution in [0.25, 0.3) is 0 Å². The Labute approximate surface area is 153 Å². The van der Waals surface area contributed by atoms with Gasteiger partial charge in [0.05, 0.1) is 18.8 Å². The lowest BCUT2D eigenvalue weighted by atomic mass is 10.00. The number of carbonyl (C=O) groups is 1. The second-order valence-electron chi connectivity index (χ2n) is 6.67. The van der Waals surface area contributed by atoms with Crippen LogP contribution < -0.4 is 14.8 Å². The summed E-state index contributed by atoms with van der Waals surface area (Å²) in [7, 11) is 0. The van der Waals surface area contributed by atoms with E-state index >= 15 is 0 Å². The fourth-order valence-corrected chi connectivity index (χ4v) is 3.40. The molecule has 0 aliphatic carbocycles. The van der Waals surface area contributed by atoms with E-state index in [1.165, 1.54) is 0 Å². The lowest BCUT2D eigenvalue weighted by molar-refractivity contribution is 0.0679. The summed E-state index contributed by atoms with van der Waals surface area (Å²) in [5.41, 5.74) is 1.65. The minimum atomic E-state index is -0.0858. The third-order valence-corrected chi connectivity index (χ3v) is 4.84. The lowest BCUT2D eigenvalue weighted by Gasteiger charge is -2.26. The van der Waals surface area contributed by atoms with Crippen LogP contribution in [0, 0.1) is 0 Å². The molecule has 136 valence electrons. The molecule has 2 aromatic rings. The van der Waals surface area contributed by atoms with Crippen molar-refractivity contribution in [1.82, 2.24) is 5.32 Å². The molecule has 2 aliphatic heterocycles. The van der Waals surface area contributed by atoms with Gasteiger partial charge in [0.2, 0.25) is 0 Å². The molecule has 1 saturated heterocycles. The normalized spacial score (nSPS) is 21.5. The summed E-state index contributed by atoms with van der Waals surface area (Å²) in [6.07, 6.45) is 3.10. The Morgan fingerprint density at radius 2 is 1.92 bits per heavy atom. The summed E-state index contributed by atoms with van der Waals surface area (Å²) >= 11 is 0. The van der Waals surface area contributed by atoms with Gasteiger partial charge < -0.3 is 19.5 Å². The Bertz CT molecular complexity index is 753. The minimum Gasteiger partial charge on any atom is -0.493 e. The van der Waals surface area contributed by atoms with Gasteiger partial charge in [-0.15, -0.1) is 0 Å². The molecule has 0 radical (unpaired) electrons. The molecular formula is C21H23NO4. The Hall–Kier alpha value is -2.53. The van der Waals surface area contributed by atoms with Gasteiger partial charge in [-0.05, 0) is 43.2 Å². The fourth-order valence-electron chi connectivity index (χ4n) is 3.40. The third kappa shape index (κ3) is 3.83. The molecule has 2 atom stereocenters. The number of benzene rings is 2. The topological polar surface area (TPSA) is 56.8 Å². The van der Waals surface area contributed by atoms with Gasteiger partial charge in [0.15, 0.2) is 0 Å². The maximum absolute atomic E-state index is 12.6. The number of hydrogen-bond acceptors (Lipinski definition) is 4. The smallest absolute Gasteiger partial charge is 0.251 e. The van der Waals surface area contributed by atoms with Crippen LogP contribution in [0.3, 0.4) is 0 Å². The van der Waals surface area contributed by atoms with E-state index in [1.54, 1.807) is 12.1 Å². The van der Waals surface area contributed by atoms with Crippen molar-refractivity contribution >= 4 is 5.91 Å². The van der Waals surface area contributed by atoms with Gasteiger partial charge >= 0.3 is 0 Å². The van der Waals surface area contributed by atoms with Crippen LogP contribution >= 0.6 is 0 Å². The first-order valence-electron chi connectivity index (χ1n) is 9.16. The van der Waals surface area contributed by atoms with Crippen LogP contribution in [0.2, 0.25) is 0 Å². The minimum absolute atomic E-state index is 0.0251. The summed E-state index contributed by atoms with van der Waals surface area (Å²) in [5, 5.41) is 3.11. The predicted octanol–water partition coefficient (Wildman–Crippen LogP) is 3.50.